The fourth-order valence-corrected chi connectivity index (χ4v) is 2.71. The van der Waals surface area contributed by atoms with Crippen LogP contribution in [0.1, 0.15) is 0 Å². The van der Waals surface area contributed by atoms with Gasteiger partial charge in [-0.1, -0.05) is 5.21 Å². The molecular weight excluding hydrogens is 336 g/mol. The molecule has 0 saturated carbocycles. The van der Waals surface area contributed by atoms with Crippen LogP contribution in [0, 0.1) is 0 Å². The van der Waals surface area contributed by atoms with Gasteiger partial charge in [-0.2, -0.15) is 0 Å². The smallest absolute Gasteiger partial charge is 0.203 e. The second-order valence-corrected chi connectivity index (χ2v) is 5.37. The third-order valence-corrected chi connectivity index (χ3v) is 3.97. The minimum absolute atomic E-state index is 0.511. The third-order valence-electron chi connectivity index (χ3n) is 3.97. The minimum atomic E-state index is 0.511. The summed E-state index contributed by atoms with van der Waals surface area (Å²) in [5.41, 5.74) is 8.83. The van der Waals surface area contributed by atoms with Crippen molar-refractivity contribution in [2.24, 2.45) is 0 Å². The van der Waals surface area contributed by atoms with Gasteiger partial charge in [-0.05, 0) is 30.3 Å². The van der Waals surface area contributed by atoms with Crippen molar-refractivity contribution in [1.29, 1.82) is 0 Å². The second-order valence-electron chi connectivity index (χ2n) is 5.37. The maximum Gasteiger partial charge on any atom is 0.203 e. The molecule has 2 N–H and O–H groups in total. The second kappa shape index (κ2) is 7.22. The molecule has 3 rings (SSSR count). The Kier molecular flexibility index (Phi) is 4.83. The Bertz CT molecular complexity index is 898. The van der Waals surface area contributed by atoms with Crippen molar-refractivity contribution in [2.75, 3.05) is 34.2 Å². The standard InChI is InChI=1S/C18H20N4O4/c1-23-15-6-5-12(9-13(15)19)22-14(10-20-21-22)11-7-16(24-2)18(26-4)17(8-11)25-3/h5-10H,19H2,1-4H3. The largest absolute Gasteiger partial charge is 0.495 e. The molecule has 0 spiro atoms. The van der Waals surface area contributed by atoms with Crippen molar-refractivity contribution in [2.45, 2.75) is 0 Å². The number of nitrogen functional groups attached to an aromatic ring is 1. The molecule has 2 aromatic carbocycles. The molecule has 8 nitrogen and oxygen atoms in total. The average Bonchev–Trinajstić information content (AvgIpc) is 3.16. The molecule has 0 bridgehead atoms. The maximum atomic E-state index is 6.01. The number of rotatable bonds is 6. The number of hydrogen-bond donors (Lipinski definition) is 1. The predicted octanol–water partition coefficient (Wildman–Crippen LogP) is 2.55. The summed E-state index contributed by atoms with van der Waals surface area (Å²) < 4.78 is 23.1. The van der Waals surface area contributed by atoms with Crippen molar-refractivity contribution < 1.29 is 18.9 Å². The zero-order chi connectivity index (χ0) is 18.7. The monoisotopic (exact) mass is 356 g/mol. The molecule has 1 aromatic heterocycles. The van der Waals surface area contributed by atoms with Crippen molar-refractivity contribution >= 4 is 5.69 Å². The van der Waals surface area contributed by atoms with Gasteiger partial charge in [-0.15, -0.1) is 5.10 Å². The minimum Gasteiger partial charge on any atom is -0.495 e. The van der Waals surface area contributed by atoms with Crippen LogP contribution in [-0.2, 0) is 0 Å². The first-order valence-corrected chi connectivity index (χ1v) is 7.77. The quantitative estimate of drug-likeness (QED) is 0.678. The number of methoxy groups -OCH3 is 4. The van der Waals surface area contributed by atoms with Crippen LogP contribution in [0.15, 0.2) is 36.5 Å². The van der Waals surface area contributed by atoms with Crippen LogP contribution in [0.25, 0.3) is 16.9 Å². The highest BCUT2D eigenvalue weighted by atomic mass is 16.5. The Morgan fingerprint density at radius 2 is 1.50 bits per heavy atom. The summed E-state index contributed by atoms with van der Waals surface area (Å²) in [4.78, 5) is 0. The molecule has 0 aliphatic carbocycles. The van der Waals surface area contributed by atoms with E-state index in [-0.39, 0.29) is 0 Å². The molecule has 26 heavy (non-hydrogen) atoms. The molecule has 136 valence electrons. The van der Waals surface area contributed by atoms with E-state index in [4.69, 9.17) is 24.7 Å². The normalized spacial score (nSPS) is 10.5. The van der Waals surface area contributed by atoms with Crippen LogP contribution >= 0.6 is 0 Å². The molecule has 3 aromatic rings. The lowest BCUT2D eigenvalue weighted by atomic mass is 10.1. The van der Waals surface area contributed by atoms with Gasteiger partial charge in [0.05, 0.1) is 51.7 Å². The highest BCUT2D eigenvalue weighted by Crippen LogP contribution is 2.41. The van der Waals surface area contributed by atoms with Gasteiger partial charge in [0.15, 0.2) is 11.5 Å². The third kappa shape index (κ3) is 2.97. The Morgan fingerprint density at radius 3 is 2.04 bits per heavy atom. The molecule has 0 amide bonds. The van der Waals surface area contributed by atoms with E-state index in [2.05, 4.69) is 10.3 Å². The topological polar surface area (TPSA) is 93.7 Å². The predicted molar refractivity (Wildman–Crippen MR) is 97.4 cm³/mol. The summed E-state index contributed by atoms with van der Waals surface area (Å²) in [6.45, 7) is 0. The SMILES string of the molecule is COc1ccc(-n2nncc2-c2cc(OC)c(OC)c(OC)c2)cc1N. The van der Waals surface area contributed by atoms with Crippen LogP contribution in [0.5, 0.6) is 23.0 Å². The number of aromatic nitrogens is 3. The fourth-order valence-electron chi connectivity index (χ4n) is 2.71. The van der Waals surface area contributed by atoms with Crippen LogP contribution in [0.4, 0.5) is 5.69 Å². The number of nitrogens with zero attached hydrogens (tertiary/aromatic N) is 3. The summed E-state index contributed by atoms with van der Waals surface area (Å²) in [5, 5.41) is 8.20. The van der Waals surface area contributed by atoms with Crippen molar-refractivity contribution in [3.05, 3.63) is 36.5 Å². The first-order valence-electron chi connectivity index (χ1n) is 7.77. The lowest BCUT2D eigenvalue weighted by molar-refractivity contribution is 0.324. The van der Waals surface area contributed by atoms with Gasteiger partial charge in [-0.3, -0.25) is 0 Å². The highest BCUT2D eigenvalue weighted by Gasteiger charge is 2.17. The number of nitrogens with two attached hydrogens (primary N) is 1. The molecular formula is C18H20N4O4. The molecule has 0 unspecified atom stereocenters. The lowest BCUT2D eigenvalue weighted by Crippen LogP contribution is -2.02. The number of ether oxygens (including phenoxy) is 4. The van der Waals surface area contributed by atoms with Gasteiger partial charge in [0.2, 0.25) is 5.75 Å². The van der Waals surface area contributed by atoms with Gasteiger partial charge < -0.3 is 24.7 Å². The van der Waals surface area contributed by atoms with Gasteiger partial charge >= 0.3 is 0 Å². The Hall–Kier alpha value is -3.42. The first kappa shape index (κ1) is 17.4. The molecule has 0 radical (unpaired) electrons. The zero-order valence-electron chi connectivity index (χ0n) is 15.0. The lowest BCUT2D eigenvalue weighted by Gasteiger charge is -2.15. The van der Waals surface area contributed by atoms with Crippen LogP contribution in [-0.4, -0.2) is 43.4 Å². The summed E-state index contributed by atoms with van der Waals surface area (Å²) in [5.74, 6) is 2.21. The molecule has 1 heterocycles. The Labute approximate surface area is 151 Å². The van der Waals surface area contributed by atoms with Crippen LogP contribution in [0.3, 0.4) is 0 Å². The number of benzene rings is 2. The van der Waals surface area contributed by atoms with Crippen LogP contribution < -0.4 is 24.7 Å². The van der Waals surface area contributed by atoms with E-state index in [1.54, 1.807) is 51.5 Å². The van der Waals surface area contributed by atoms with Crippen LogP contribution in [0.2, 0.25) is 0 Å². The zero-order valence-corrected chi connectivity index (χ0v) is 15.0. The van der Waals surface area contributed by atoms with Gasteiger partial charge in [-0.25, -0.2) is 4.68 Å². The van der Waals surface area contributed by atoms with E-state index >= 15 is 0 Å². The Morgan fingerprint density at radius 1 is 0.846 bits per heavy atom. The average molecular weight is 356 g/mol. The molecule has 8 heteroatoms. The molecule has 0 aliphatic rings. The summed E-state index contributed by atoms with van der Waals surface area (Å²) >= 11 is 0. The van der Waals surface area contributed by atoms with Gasteiger partial charge in [0, 0.05) is 5.56 Å². The number of anilines is 1. The van der Waals surface area contributed by atoms with E-state index in [1.807, 2.05) is 18.2 Å². The van der Waals surface area contributed by atoms with Gasteiger partial charge in [0.1, 0.15) is 5.75 Å². The first-order chi connectivity index (χ1) is 12.6. The molecule has 0 atom stereocenters. The molecule has 0 fully saturated rings. The molecule has 0 aliphatic heterocycles. The summed E-state index contributed by atoms with van der Waals surface area (Å²) in [6.07, 6.45) is 1.65. The van der Waals surface area contributed by atoms with E-state index < -0.39 is 0 Å². The maximum absolute atomic E-state index is 6.01. The summed E-state index contributed by atoms with van der Waals surface area (Å²) in [6, 6.07) is 9.08. The Balaban J connectivity index is 2.13. The van der Waals surface area contributed by atoms with E-state index in [1.165, 1.54) is 0 Å². The van der Waals surface area contributed by atoms with E-state index in [0.29, 0.717) is 28.7 Å². The number of hydrogen-bond acceptors (Lipinski definition) is 7. The van der Waals surface area contributed by atoms with Crippen molar-refractivity contribution in [3.8, 4) is 39.9 Å². The van der Waals surface area contributed by atoms with E-state index in [9.17, 15) is 0 Å². The fraction of sp³-hybridized carbons (Fsp3) is 0.222. The van der Waals surface area contributed by atoms with Gasteiger partial charge in [0.25, 0.3) is 0 Å². The van der Waals surface area contributed by atoms with Crippen molar-refractivity contribution in [1.82, 2.24) is 15.0 Å². The summed E-state index contributed by atoms with van der Waals surface area (Å²) in [7, 11) is 6.27. The highest BCUT2D eigenvalue weighted by molar-refractivity contribution is 5.70. The molecule has 0 saturated heterocycles. The van der Waals surface area contributed by atoms with Crippen molar-refractivity contribution in [3.63, 3.8) is 0 Å². The van der Waals surface area contributed by atoms with E-state index in [0.717, 1.165) is 16.9 Å².